The predicted molar refractivity (Wildman–Crippen MR) is 84.7 cm³/mol. The third kappa shape index (κ3) is 3.83. The largest absolute Gasteiger partial charge is 0.370 e. The Morgan fingerprint density at radius 1 is 1.29 bits per heavy atom. The van der Waals surface area contributed by atoms with Gasteiger partial charge in [0.2, 0.25) is 5.91 Å². The molecule has 0 radical (unpaired) electrons. The molecule has 6 nitrogen and oxygen atoms in total. The summed E-state index contributed by atoms with van der Waals surface area (Å²) in [6, 6.07) is 0.192. The van der Waals surface area contributed by atoms with E-state index < -0.39 is 0 Å². The Kier molecular flexibility index (Phi) is 4.98. The van der Waals surface area contributed by atoms with Gasteiger partial charge in [-0.05, 0) is 20.3 Å². The maximum absolute atomic E-state index is 11.2. The molecule has 1 aliphatic heterocycles. The van der Waals surface area contributed by atoms with Crippen LogP contribution in [0.2, 0.25) is 0 Å². The molecule has 1 fully saturated rings. The number of aromatic nitrogens is 2. The lowest BCUT2D eigenvalue weighted by atomic mass is 10.2. The first-order chi connectivity index (χ1) is 10.0. The van der Waals surface area contributed by atoms with Crippen LogP contribution in [0.1, 0.15) is 50.9 Å². The van der Waals surface area contributed by atoms with Crippen LogP contribution in [0, 0.1) is 6.92 Å². The topological polar surface area (TPSA) is 78.9 Å². The molecule has 6 heteroatoms. The lowest BCUT2D eigenvalue weighted by Gasteiger charge is -2.17. The Hall–Kier alpha value is -1.85. The third-order valence-corrected chi connectivity index (χ3v) is 3.62. The zero-order valence-electron chi connectivity index (χ0n) is 13.3. The average molecular weight is 291 g/mol. The number of nitrogens with one attached hydrogen (secondary N) is 3. The zero-order valence-corrected chi connectivity index (χ0v) is 13.3. The fourth-order valence-electron chi connectivity index (χ4n) is 2.35. The Balaban J connectivity index is 2.14. The molecule has 116 valence electrons. The predicted octanol–water partition coefficient (Wildman–Crippen LogP) is 2.03. The van der Waals surface area contributed by atoms with Crippen LogP contribution in [0.3, 0.4) is 0 Å². The van der Waals surface area contributed by atoms with Gasteiger partial charge in [-0.2, -0.15) is 0 Å². The van der Waals surface area contributed by atoms with Crippen molar-refractivity contribution >= 4 is 17.5 Å². The van der Waals surface area contributed by atoms with E-state index in [1.54, 1.807) is 0 Å². The van der Waals surface area contributed by atoms with Crippen LogP contribution >= 0.6 is 0 Å². The van der Waals surface area contributed by atoms with E-state index in [0.717, 1.165) is 36.0 Å². The number of hydrogen-bond donors (Lipinski definition) is 3. The molecule has 0 bridgehead atoms. The quantitative estimate of drug-likeness (QED) is 0.747. The first-order valence-corrected chi connectivity index (χ1v) is 7.66. The Morgan fingerprint density at radius 3 is 2.48 bits per heavy atom. The van der Waals surface area contributed by atoms with Crippen LogP contribution < -0.4 is 16.0 Å². The standard InChI is InChI=1S/C15H25N5O/c1-5-16-14-10(4)15(20-13(19-14)9(2)3)17-8-11-6-7-12(21)18-11/h9,11H,5-8H2,1-4H3,(H,18,21)(H2,16,17,19,20). The summed E-state index contributed by atoms with van der Waals surface area (Å²) < 4.78 is 0. The van der Waals surface area contributed by atoms with Gasteiger partial charge in [0.15, 0.2) is 0 Å². The molecule has 2 rings (SSSR count). The van der Waals surface area contributed by atoms with Crippen molar-refractivity contribution in [3.05, 3.63) is 11.4 Å². The molecule has 1 unspecified atom stereocenters. The summed E-state index contributed by atoms with van der Waals surface area (Å²) in [5.41, 5.74) is 1.02. The van der Waals surface area contributed by atoms with Crippen molar-refractivity contribution in [2.75, 3.05) is 23.7 Å². The number of carbonyl (C=O) groups excluding carboxylic acids is 1. The van der Waals surface area contributed by atoms with Gasteiger partial charge in [-0.3, -0.25) is 4.79 Å². The zero-order chi connectivity index (χ0) is 15.4. The van der Waals surface area contributed by atoms with Crippen molar-refractivity contribution in [1.82, 2.24) is 15.3 Å². The van der Waals surface area contributed by atoms with Crippen molar-refractivity contribution < 1.29 is 4.79 Å². The van der Waals surface area contributed by atoms with E-state index in [1.807, 2.05) is 6.92 Å². The highest BCUT2D eigenvalue weighted by Crippen LogP contribution is 2.23. The molecule has 21 heavy (non-hydrogen) atoms. The van der Waals surface area contributed by atoms with E-state index >= 15 is 0 Å². The molecule has 1 aliphatic rings. The number of amides is 1. The van der Waals surface area contributed by atoms with Crippen molar-refractivity contribution in [2.24, 2.45) is 0 Å². The fraction of sp³-hybridized carbons (Fsp3) is 0.667. The lowest BCUT2D eigenvalue weighted by Crippen LogP contribution is -2.32. The SMILES string of the molecule is CCNc1nc(C(C)C)nc(NCC2CCC(=O)N2)c1C. The molecule has 1 atom stereocenters. The molecule has 1 aromatic rings. The van der Waals surface area contributed by atoms with E-state index in [9.17, 15) is 4.79 Å². The number of rotatable bonds is 6. The fourth-order valence-corrected chi connectivity index (χ4v) is 2.35. The second kappa shape index (κ2) is 6.74. The second-order valence-electron chi connectivity index (χ2n) is 5.77. The number of nitrogens with zero attached hydrogens (tertiary/aromatic N) is 2. The van der Waals surface area contributed by atoms with Gasteiger partial charge in [-0.15, -0.1) is 0 Å². The smallest absolute Gasteiger partial charge is 0.220 e. The van der Waals surface area contributed by atoms with E-state index in [4.69, 9.17) is 0 Å². The van der Waals surface area contributed by atoms with E-state index in [0.29, 0.717) is 13.0 Å². The minimum atomic E-state index is 0.136. The minimum Gasteiger partial charge on any atom is -0.370 e. The molecular formula is C15H25N5O. The van der Waals surface area contributed by atoms with Crippen LogP contribution in [0.15, 0.2) is 0 Å². The number of hydrogen-bond acceptors (Lipinski definition) is 5. The van der Waals surface area contributed by atoms with Crippen molar-refractivity contribution in [2.45, 2.75) is 52.5 Å². The Bertz CT molecular complexity index is 515. The molecule has 1 saturated heterocycles. The van der Waals surface area contributed by atoms with Gasteiger partial charge in [-0.1, -0.05) is 13.8 Å². The lowest BCUT2D eigenvalue weighted by molar-refractivity contribution is -0.119. The summed E-state index contributed by atoms with van der Waals surface area (Å²) in [5.74, 6) is 2.97. The van der Waals surface area contributed by atoms with E-state index in [2.05, 4.69) is 46.7 Å². The van der Waals surface area contributed by atoms with Gasteiger partial charge in [0.25, 0.3) is 0 Å². The second-order valence-corrected chi connectivity index (χ2v) is 5.77. The van der Waals surface area contributed by atoms with Crippen molar-refractivity contribution in [3.8, 4) is 0 Å². The van der Waals surface area contributed by atoms with Crippen LogP contribution in [0.5, 0.6) is 0 Å². The maximum atomic E-state index is 11.2. The summed E-state index contributed by atoms with van der Waals surface area (Å²) in [4.78, 5) is 20.4. The van der Waals surface area contributed by atoms with Gasteiger partial charge >= 0.3 is 0 Å². The average Bonchev–Trinajstić information content (AvgIpc) is 2.85. The van der Waals surface area contributed by atoms with Gasteiger partial charge < -0.3 is 16.0 Å². The number of carbonyl (C=O) groups is 1. The van der Waals surface area contributed by atoms with Crippen LogP contribution in [0.25, 0.3) is 0 Å². The van der Waals surface area contributed by atoms with Crippen LogP contribution in [0.4, 0.5) is 11.6 Å². The summed E-state index contributed by atoms with van der Waals surface area (Å²) in [6.45, 7) is 9.76. The molecule has 3 N–H and O–H groups in total. The summed E-state index contributed by atoms with van der Waals surface area (Å²) >= 11 is 0. The molecule has 1 aromatic heterocycles. The van der Waals surface area contributed by atoms with E-state index in [1.165, 1.54) is 0 Å². The van der Waals surface area contributed by atoms with E-state index in [-0.39, 0.29) is 17.9 Å². The van der Waals surface area contributed by atoms with Crippen LogP contribution in [-0.4, -0.2) is 35.0 Å². The van der Waals surface area contributed by atoms with Crippen molar-refractivity contribution in [1.29, 1.82) is 0 Å². The number of anilines is 2. The summed E-state index contributed by atoms with van der Waals surface area (Å²) in [5, 5.41) is 9.61. The molecule has 1 amide bonds. The third-order valence-electron chi connectivity index (χ3n) is 3.62. The normalized spacial score (nSPS) is 18.0. The first-order valence-electron chi connectivity index (χ1n) is 7.66. The molecule has 0 aromatic carbocycles. The first kappa shape index (κ1) is 15.5. The minimum absolute atomic E-state index is 0.136. The molecule has 0 aliphatic carbocycles. The van der Waals surface area contributed by atoms with Crippen molar-refractivity contribution in [3.63, 3.8) is 0 Å². The molecule has 2 heterocycles. The maximum Gasteiger partial charge on any atom is 0.220 e. The Morgan fingerprint density at radius 2 is 1.95 bits per heavy atom. The van der Waals surface area contributed by atoms with Gasteiger partial charge in [-0.25, -0.2) is 9.97 Å². The Labute approximate surface area is 126 Å². The highest BCUT2D eigenvalue weighted by Gasteiger charge is 2.21. The van der Waals surface area contributed by atoms with Gasteiger partial charge in [0.1, 0.15) is 17.5 Å². The summed E-state index contributed by atoms with van der Waals surface area (Å²) in [7, 11) is 0. The highest BCUT2D eigenvalue weighted by atomic mass is 16.1. The molecule has 0 spiro atoms. The van der Waals surface area contributed by atoms with Crippen LogP contribution in [-0.2, 0) is 4.79 Å². The highest BCUT2D eigenvalue weighted by molar-refractivity contribution is 5.78. The monoisotopic (exact) mass is 291 g/mol. The van der Waals surface area contributed by atoms with Gasteiger partial charge in [0.05, 0.1) is 0 Å². The van der Waals surface area contributed by atoms with Gasteiger partial charge in [0, 0.05) is 37.0 Å². The summed E-state index contributed by atoms with van der Waals surface area (Å²) in [6.07, 6.45) is 1.50. The molecule has 0 saturated carbocycles. The molecular weight excluding hydrogens is 266 g/mol.